The highest BCUT2D eigenvalue weighted by Gasteiger charge is 2.12. The minimum Gasteiger partial charge on any atom is -0.493 e. The molecule has 0 bridgehead atoms. The summed E-state index contributed by atoms with van der Waals surface area (Å²) < 4.78 is 12.7. The van der Waals surface area contributed by atoms with Gasteiger partial charge in [0, 0.05) is 53.0 Å². The molecule has 0 atom stereocenters. The SMILES string of the molecule is COc1ccc(Nc2nc(-c3cccc(-c4nccs4)c3)cn3ccnc23)cc1OC. The molecule has 2 aromatic carbocycles. The van der Waals surface area contributed by atoms with Crippen molar-refractivity contribution in [1.29, 1.82) is 0 Å². The summed E-state index contributed by atoms with van der Waals surface area (Å²) in [5, 5.41) is 6.33. The predicted octanol–water partition coefficient (Wildman–Crippen LogP) is 5.28. The number of thiazole rings is 1. The predicted molar refractivity (Wildman–Crippen MR) is 122 cm³/mol. The summed E-state index contributed by atoms with van der Waals surface area (Å²) in [5.74, 6) is 1.95. The fourth-order valence-electron chi connectivity index (χ4n) is 3.38. The van der Waals surface area contributed by atoms with Gasteiger partial charge in [-0.15, -0.1) is 11.3 Å². The van der Waals surface area contributed by atoms with E-state index in [1.54, 1.807) is 31.8 Å². The second kappa shape index (κ2) is 8.08. The van der Waals surface area contributed by atoms with Gasteiger partial charge < -0.3 is 19.2 Å². The van der Waals surface area contributed by atoms with Crippen molar-refractivity contribution in [2.45, 2.75) is 0 Å². The lowest BCUT2D eigenvalue weighted by Crippen LogP contribution is -2.01. The number of hydrogen-bond donors (Lipinski definition) is 1. The summed E-state index contributed by atoms with van der Waals surface area (Å²) in [4.78, 5) is 13.7. The smallest absolute Gasteiger partial charge is 0.180 e. The Morgan fingerprint density at radius 2 is 1.81 bits per heavy atom. The van der Waals surface area contributed by atoms with Gasteiger partial charge in [-0.2, -0.15) is 0 Å². The molecule has 154 valence electrons. The van der Waals surface area contributed by atoms with Gasteiger partial charge in [-0.25, -0.2) is 15.0 Å². The van der Waals surface area contributed by atoms with Gasteiger partial charge in [0.25, 0.3) is 0 Å². The van der Waals surface area contributed by atoms with Crippen molar-refractivity contribution < 1.29 is 9.47 Å². The number of fused-ring (bicyclic) bond motifs is 1. The third-order valence-corrected chi connectivity index (χ3v) is 5.68. The largest absolute Gasteiger partial charge is 0.493 e. The summed E-state index contributed by atoms with van der Waals surface area (Å²) >= 11 is 1.61. The number of hydrogen-bond acceptors (Lipinski definition) is 7. The molecule has 0 amide bonds. The molecule has 1 N–H and O–H groups in total. The average Bonchev–Trinajstić information content (AvgIpc) is 3.51. The molecule has 0 saturated carbocycles. The molecule has 3 heterocycles. The summed E-state index contributed by atoms with van der Waals surface area (Å²) in [5.41, 5.74) is 4.44. The number of benzene rings is 2. The average molecular weight is 430 g/mol. The van der Waals surface area contributed by atoms with Crippen molar-refractivity contribution in [2.75, 3.05) is 19.5 Å². The maximum absolute atomic E-state index is 5.42. The maximum atomic E-state index is 5.42. The minimum absolute atomic E-state index is 0.638. The molecule has 0 aliphatic heterocycles. The van der Waals surface area contributed by atoms with Gasteiger partial charge >= 0.3 is 0 Å². The monoisotopic (exact) mass is 429 g/mol. The molecule has 31 heavy (non-hydrogen) atoms. The molecule has 0 radical (unpaired) electrons. The fourth-order valence-corrected chi connectivity index (χ4v) is 4.02. The molecule has 0 aliphatic carbocycles. The van der Waals surface area contributed by atoms with E-state index in [0.29, 0.717) is 17.3 Å². The van der Waals surface area contributed by atoms with Gasteiger partial charge in [0.15, 0.2) is 23.0 Å². The quantitative estimate of drug-likeness (QED) is 0.396. The molecule has 5 aromatic rings. The molecule has 8 heteroatoms. The van der Waals surface area contributed by atoms with Crippen LogP contribution in [0.4, 0.5) is 11.5 Å². The number of rotatable bonds is 6. The van der Waals surface area contributed by atoms with Crippen LogP contribution in [0.2, 0.25) is 0 Å². The van der Waals surface area contributed by atoms with Crippen LogP contribution in [0.15, 0.2) is 72.6 Å². The van der Waals surface area contributed by atoms with E-state index >= 15 is 0 Å². The highest BCUT2D eigenvalue weighted by atomic mass is 32.1. The Morgan fingerprint density at radius 3 is 2.61 bits per heavy atom. The van der Waals surface area contributed by atoms with Gasteiger partial charge in [-0.3, -0.25) is 0 Å². The second-order valence-electron chi connectivity index (χ2n) is 6.75. The van der Waals surface area contributed by atoms with Crippen molar-refractivity contribution in [1.82, 2.24) is 19.4 Å². The van der Waals surface area contributed by atoms with Crippen molar-refractivity contribution in [3.63, 3.8) is 0 Å². The molecule has 0 saturated heterocycles. The number of imidazole rings is 1. The topological polar surface area (TPSA) is 73.6 Å². The first-order valence-electron chi connectivity index (χ1n) is 9.58. The number of ether oxygens (including phenoxy) is 2. The van der Waals surface area contributed by atoms with Crippen molar-refractivity contribution in [2.24, 2.45) is 0 Å². The lowest BCUT2D eigenvalue weighted by atomic mass is 10.1. The van der Waals surface area contributed by atoms with E-state index in [2.05, 4.69) is 27.4 Å². The highest BCUT2D eigenvalue weighted by molar-refractivity contribution is 7.13. The molecule has 0 aliphatic rings. The normalized spacial score (nSPS) is 10.9. The zero-order valence-electron chi connectivity index (χ0n) is 16.9. The molecule has 7 nitrogen and oxygen atoms in total. The fraction of sp³-hybridized carbons (Fsp3) is 0.0870. The standard InChI is InChI=1S/C23H19N5O2S/c1-29-19-7-6-17(13-20(19)30-2)26-21-22-24-8-10-28(22)14-18(27-21)15-4-3-5-16(12-15)23-25-9-11-31-23/h3-14H,1-2H3,(H,26,27). The minimum atomic E-state index is 0.638. The van der Waals surface area contributed by atoms with Crippen LogP contribution in [0.5, 0.6) is 11.5 Å². The first-order valence-corrected chi connectivity index (χ1v) is 10.5. The number of nitrogens with zero attached hydrogens (tertiary/aromatic N) is 4. The van der Waals surface area contributed by atoms with E-state index in [4.69, 9.17) is 14.5 Å². The van der Waals surface area contributed by atoms with Crippen LogP contribution in [0.1, 0.15) is 0 Å². The number of aromatic nitrogens is 4. The summed E-state index contributed by atoms with van der Waals surface area (Å²) in [7, 11) is 3.23. The first kappa shape index (κ1) is 19.1. The van der Waals surface area contributed by atoms with Crippen molar-refractivity contribution in [3.8, 4) is 33.3 Å². The summed E-state index contributed by atoms with van der Waals surface area (Å²) in [6.07, 6.45) is 7.45. The third kappa shape index (κ3) is 3.69. The van der Waals surface area contributed by atoms with Crippen LogP contribution in [0, 0.1) is 0 Å². The first-order chi connectivity index (χ1) is 15.2. The Balaban J connectivity index is 1.56. The number of nitrogens with one attached hydrogen (secondary N) is 1. The Morgan fingerprint density at radius 1 is 0.935 bits per heavy atom. The van der Waals surface area contributed by atoms with Crippen LogP contribution in [-0.4, -0.2) is 33.6 Å². The van der Waals surface area contributed by atoms with Gasteiger partial charge in [0.2, 0.25) is 0 Å². The summed E-state index contributed by atoms with van der Waals surface area (Å²) in [6.45, 7) is 0. The van der Waals surface area contributed by atoms with E-state index in [1.807, 2.05) is 58.7 Å². The zero-order valence-corrected chi connectivity index (χ0v) is 17.8. The Labute approximate surface area is 183 Å². The van der Waals surface area contributed by atoms with Crippen LogP contribution in [-0.2, 0) is 0 Å². The number of methoxy groups -OCH3 is 2. The molecule has 5 rings (SSSR count). The van der Waals surface area contributed by atoms with E-state index in [1.165, 1.54) is 0 Å². The highest BCUT2D eigenvalue weighted by Crippen LogP contribution is 2.32. The van der Waals surface area contributed by atoms with Crippen molar-refractivity contribution in [3.05, 3.63) is 72.6 Å². The van der Waals surface area contributed by atoms with Crippen LogP contribution < -0.4 is 14.8 Å². The van der Waals surface area contributed by atoms with E-state index in [9.17, 15) is 0 Å². The van der Waals surface area contributed by atoms with Crippen LogP contribution in [0.3, 0.4) is 0 Å². The maximum Gasteiger partial charge on any atom is 0.180 e. The molecule has 0 spiro atoms. The van der Waals surface area contributed by atoms with Crippen LogP contribution >= 0.6 is 11.3 Å². The van der Waals surface area contributed by atoms with Gasteiger partial charge in [-0.1, -0.05) is 18.2 Å². The van der Waals surface area contributed by atoms with Crippen LogP contribution in [0.25, 0.3) is 27.5 Å². The molecule has 3 aromatic heterocycles. The Hall–Kier alpha value is -3.91. The zero-order chi connectivity index (χ0) is 21.2. The Bertz CT molecular complexity index is 1350. The lowest BCUT2D eigenvalue weighted by molar-refractivity contribution is 0.355. The van der Waals surface area contributed by atoms with Gasteiger partial charge in [0.1, 0.15) is 5.01 Å². The van der Waals surface area contributed by atoms with Gasteiger partial charge in [-0.05, 0) is 18.2 Å². The summed E-state index contributed by atoms with van der Waals surface area (Å²) in [6, 6.07) is 13.9. The van der Waals surface area contributed by atoms with E-state index < -0.39 is 0 Å². The van der Waals surface area contributed by atoms with E-state index in [0.717, 1.165) is 33.2 Å². The molecule has 0 fully saturated rings. The third-order valence-electron chi connectivity index (χ3n) is 4.86. The second-order valence-corrected chi connectivity index (χ2v) is 7.64. The van der Waals surface area contributed by atoms with Crippen molar-refractivity contribution >= 4 is 28.5 Å². The van der Waals surface area contributed by atoms with Gasteiger partial charge in [0.05, 0.1) is 19.9 Å². The number of anilines is 2. The van der Waals surface area contributed by atoms with E-state index in [-0.39, 0.29) is 0 Å². The molecular weight excluding hydrogens is 410 g/mol. The molecule has 0 unspecified atom stereocenters. The lowest BCUT2D eigenvalue weighted by Gasteiger charge is -2.13. The molecular formula is C23H19N5O2S. The Kier molecular flexibility index (Phi) is 4.97.